The van der Waals surface area contributed by atoms with Gasteiger partial charge in [-0.3, -0.25) is 4.79 Å². The van der Waals surface area contributed by atoms with Crippen LogP contribution in [0.2, 0.25) is 0 Å². The normalized spacial score (nSPS) is 11.3. The summed E-state index contributed by atoms with van der Waals surface area (Å²) in [6.45, 7) is 8.05. The van der Waals surface area contributed by atoms with E-state index in [0.717, 1.165) is 10.9 Å². The fraction of sp³-hybridized carbons (Fsp3) is 0.357. The van der Waals surface area contributed by atoms with Crippen LogP contribution in [0.3, 0.4) is 0 Å². The molecular formula is C14H17NO. The quantitative estimate of drug-likeness (QED) is 0.699. The predicted molar refractivity (Wildman–Crippen MR) is 67.1 cm³/mol. The molecule has 1 aromatic carbocycles. The molecule has 0 saturated carbocycles. The van der Waals surface area contributed by atoms with Crippen molar-refractivity contribution in [1.29, 1.82) is 0 Å². The molecule has 2 nitrogen and oxygen atoms in total. The number of aryl methyl sites for hydroxylation is 1. The van der Waals surface area contributed by atoms with Crippen LogP contribution in [-0.2, 0) is 0 Å². The Morgan fingerprint density at radius 2 is 1.94 bits per heavy atom. The topological polar surface area (TPSA) is 22.0 Å². The second-order valence-corrected chi connectivity index (χ2v) is 4.58. The van der Waals surface area contributed by atoms with Crippen LogP contribution in [0.25, 0.3) is 10.9 Å². The molecule has 0 bridgehead atoms. The van der Waals surface area contributed by atoms with Gasteiger partial charge in [0, 0.05) is 28.2 Å². The van der Waals surface area contributed by atoms with E-state index in [1.54, 1.807) is 6.92 Å². The lowest BCUT2D eigenvalue weighted by atomic mass is 10.1. The summed E-state index contributed by atoms with van der Waals surface area (Å²) < 4.78 is 2.29. The molecule has 0 saturated heterocycles. The Bertz CT molecular complexity index is 549. The van der Waals surface area contributed by atoms with Crippen LogP contribution < -0.4 is 0 Å². The maximum Gasteiger partial charge on any atom is 0.159 e. The first-order valence-corrected chi connectivity index (χ1v) is 5.63. The highest BCUT2D eigenvalue weighted by atomic mass is 16.1. The molecule has 2 heteroatoms. The van der Waals surface area contributed by atoms with Gasteiger partial charge in [0.25, 0.3) is 0 Å². The van der Waals surface area contributed by atoms with Gasteiger partial charge in [0.2, 0.25) is 0 Å². The number of hydrogen-bond acceptors (Lipinski definition) is 1. The van der Waals surface area contributed by atoms with Crippen LogP contribution in [0.1, 0.15) is 42.9 Å². The smallest absolute Gasteiger partial charge is 0.159 e. The Balaban J connectivity index is 2.70. The standard InChI is InChI=1S/C14H17NO/c1-9(2)15-10(3)7-13-8-12(11(4)16)5-6-14(13)15/h5-9H,1-4H3. The predicted octanol–water partition coefficient (Wildman–Crippen LogP) is 3.73. The van der Waals surface area contributed by atoms with E-state index in [9.17, 15) is 4.79 Å². The number of fused-ring (bicyclic) bond motifs is 1. The Morgan fingerprint density at radius 3 is 2.50 bits per heavy atom. The van der Waals surface area contributed by atoms with Gasteiger partial charge in [0.1, 0.15) is 0 Å². The Labute approximate surface area is 95.9 Å². The average Bonchev–Trinajstić information content (AvgIpc) is 2.51. The zero-order valence-electron chi connectivity index (χ0n) is 10.2. The molecule has 0 fully saturated rings. The van der Waals surface area contributed by atoms with Gasteiger partial charge in [0.05, 0.1) is 0 Å². The lowest BCUT2D eigenvalue weighted by Crippen LogP contribution is -2.02. The van der Waals surface area contributed by atoms with E-state index < -0.39 is 0 Å². The van der Waals surface area contributed by atoms with Gasteiger partial charge in [0.15, 0.2) is 5.78 Å². The zero-order valence-corrected chi connectivity index (χ0v) is 10.2. The van der Waals surface area contributed by atoms with Crippen molar-refractivity contribution >= 4 is 16.7 Å². The summed E-state index contributed by atoms with van der Waals surface area (Å²) in [7, 11) is 0. The third-order valence-electron chi connectivity index (χ3n) is 2.95. The zero-order chi connectivity index (χ0) is 11.9. The maximum atomic E-state index is 11.3. The molecule has 0 spiro atoms. The minimum Gasteiger partial charge on any atom is -0.342 e. The van der Waals surface area contributed by atoms with E-state index >= 15 is 0 Å². The van der Waals surface area contributed by atoms with Crippen molar-refractivity contribution in [2.24, 2.45) is 0 Å². The summed E-state index contributed by atoms with van der Waals surface area (Å²) in [5.74, 6) is 0.122. The number of ketones is 1. The first-order valence-electron chi connectivity index (χ1n) is 5.63. The number of carbonyl (C=O) groups is 1. The molecule has 1 aromatic heterocycles. The molecular weight excluding hydrogens is 198 g/mol. The average molecular weight is 215 g/mol. The van der Waals surface area contributed by atoms with Crippen LogP contribution in [-0.4, -0.2) is 10.4 Å². The van der Waals surface area contributed by atoms with Crippen LogP contribution in [0.5, 0.6) is 0 Å². The number of carbonyl (C=O) groups excluding carboxylic acids is 1. The number of benzene rings is 1. The Hall–Kier alpha value is -1.57. The molecule has 2 aromatic rings. The summed E-state index contributed by atoms with van der Waals surface area (Å²) in [4.78, 5) is 11.3. The molecule has 0 aliphatic carbocycles. The van der Waals surface area contributed by atoms with Gasteiger partial charge < -0.3 is 4.57 Å². The molecule has 1 heterocycles. The van der Waals surface area contributed by atoms with Gasteiger partial charge >= 0.3 is 0 Å². The minimum atomic E-state index is 0.122. The van der Waals surface area contributed by atoms with Crippen LogP contribution in [0.4, 0.5) is 0 Å². The minimum absolute atomic E-state index is 0.122. The summed E-state index contributed by atoms with van der Waals surface area (Å²) >= 11 is 0. The van der Waals surface area contributed by atoms with Crippen molar-refractivity contribution in [2.45, 2.75) is 33.7 Å². The Kier molecular flexibility index (Phi) is 2.58. The lowest BCUT2D eigenvalue weighted by Gasteiger charge is -2.12. The van der Waals surface area contributed by atoms with Gasteiger partial charge in [-0.05, 0) is 52.0 Å². The van der Waals surface area contributed by atoms with E-state index in [4.69, 9.17) is 0 Å². The molecule has 0 aliphatic heterocycles. The van der Waals surface area contributed by atoms with Gasteiger partial charge in [-0.2, -0.15) is 0 Å². The number of rotatable bonds is 2. The van der Waals surface area contributed by atoms with Crippen molar-refractivity contribution in [1.82, 2.24) is 4.57 Å². The molecule has 84 valence electrons. The monoisotopic (exact) mass is 215 g/mol. The van der Waals surface area contributed by atoms with Crippen molar-refractivity contribution in [2.75, 3.05) is 0 Å². The van der Waals surface area contributed by atoms with E-state index in [-0.39, 0.29) is 5.78 Å². The van der Waals surface area contributed by atoms with Crippen LogP contribution in [0, 0.1) is 6.92 Å². The van der Waals surface area contributed by atoms with Crippen molar-refractivity contribution < 1.29 is 4.79 Å². The third kappa shape index (κ3) is 1.64. The number of aromatic nitrogens is 1. The third-order valence-corrected chi connectivity index (χ3v) is 2.95. The molecule has 0 N–H and O–H groups in total. The fourth-order valence-electron chi connectivity index (χ4n) is 2.28. The maximum absolute atomic E-state index is 11.3. The van der Waals surface area contributed by atoms with E-state index in [2.05, 4.69) is 31.4 Å². The SMILES string of the molecule is CC(=O)c1ccc2c(c1)cc(C)n2C(C)C. The summed E-state index contributed by atoms with van der Waals surface area (Å²) in [6.07, 6.45) is 0. The van der Waals surface area contributed by atoms with E-state index in [0.29, 0.717) is 6.04 Å². The van der Waals surface area contributed by atoms with Gasteiger partial charge in [-0.25, -0.2) is 0 Å². The number of hydrogen-bond donors (Lipinski definition) is 0. The van der Waals surface area contributed by atoms with Crippen molar-refractivity contribution in [3.63, 3.8) is 0 Å². The molecule has 0 unspecified atom stereocenters. The first kappa shape index (κ1) is 10.9. The summed E-state index contributed by atoms with van der Waals surface area (Å²) in [5, 5.41) is 1.15. The van der Waals surface area contributed by atoms with Crippen molar-refractivity contribution in [3.8, 4) is 0 Å². The Morgan fingerprint density at radius 1 is 1.25 bits per heavy atom. The summed E-state index contributed by atoms with van der Waals surface area (Å²) in [5.41, 5.74) is 3.23. The van der Waals surface area contributed by atoms with Gasteiger partial charge in [-0.1, -0.05) is 0 Å². The van der Waals surface area contributed by atoms with E-state index in [1.165, 1.54) is 11.2 Å². The van der Waals surface area contributed by atoms with Crippen LogP contribution >= 0.6 is 0 Å². The van der Waals surface area contributed by atoms with Crippen molar-refractivity contribution in [3.05, 3.63) is 35.5 Å². The molecule has 0 amide bonds. The highest BCUT2D eigenvalue weighted by Crippen LogP contribution is 2.24. The highest BCUT2D eigenvalue weighted by Gasteiger charge is 2.09. The fourth-order valence-corrected chi connectivity index (χ4v) is 2.28. The molecule has 16 heavy (non-hydrogen) atoms. The largest absolute Gasteiger partial charge is 0.342 e. The second-order valence-electron chi connectivity index (χ2n) is 4.58. The molecule has 0 radical (unpaired) electrons. The number of Topliss-reactive ketones (excluding diaryl/α,β-unsaturated/α-hetero) is 1. The molecule has 0 aliphatic rings. The molecule has 2 rings (SSSR count). The van der Waals surface area contributed by atoms with E-state index in [1.807, 2.05) is 18.2 Å². The van der Waals surface area contributed by atoms with Gasteiger partial charge in [-0.15, -0.1) is 0 Å². The molecule has 0 atom stereocenters. The highest BCUT2D eigenvalue weighted by molar-refractivity contribution is 5.98. The second kappa shape index (κ2) is 3.78. The van der Waals surface area contributed by atoms with Crippen LogP contribution in [0.15, 0.2) is 24.3 Å². The summed E-state index contributed by atoms with van der Waals surface area (Å²) in [6, 6.07) is 8.51. The first-order chi connectivity index (χ1) is 7.50. The lowest BCUT2D eigenvalue weighted by molar-refractivity contribution is 0.101. The number of nitrogens with zero attached hydrogens (tertiary/aromatic N) is 1.